The number of pyridine rings is 2. The van der Waals surface area contributed by atoms with Crippen LogP contribution in [0.25, 0.3) is 0 Å². The molecule has 0 unspecified atom stereocenters. The van der Waals surface area contributed by atoms with Crippen LogP contribution >= 0.6 is 0 Å². The Morgan fingerprint density at radius 3 is 2.85 bits per heavy atom. The first kappa shape index (κ1) is 20.6. The number of rotatable bonds is 9. The normalized spacial score (nSPS) is 10.1. The Labute approximate surface area is 161 Å². The van der Waals surface area contributed by atoms with Crippen molar-refractivity contribution in [3.8, 4) is 11.8 Å². The standard InChI is InChI=1S/C21H27N5O/c1-3-7-20-19(21(27)22-2)11-10-18(26-20)9-4-5-12-24-16-25-15-17-8-6-13-23-14-17/h6,8,10-11,13-14,24-25H,3,5,7,12,15-16H2,1-2H3,(H,22,27). The van der Waals surface area contributed by atoms with Crippen molar-refractivity contribution in [1.82, 2.24) is 25.9 Å². The number of carbonyl (C=O) groups excluding carboxylic acids is 1. The molecule has 142 valence electrons. The molecule has 0 aromatic carbocycles. The average Bonchev–Trinajstić information content (AvgIpc) is 2.70. The van der Waals surface area contributed by atoms with Crippen molar-refractivity contribution in [1.29, 1.82) is 0 Å². The third-order valence-electron chi connectivity index (χ3n) is 3.88. The predicted molar refractivity (Wildman–Crippen MR) is 107 cm³/mol. The molecular weight excluding hydrogens is 338 g/mol. The van der Waals surface area contributed by atoms with Gasteiger partial charge >= 0.3 is 0 Å². The third kappa shape index (κ3) is 7.18. The maximum absolute atomic E-state index is 11.9. The SMILES string of the molecule is CCCc1nc(C#CCCNCNCc2cccnc2)ccc1C(=O)NC. The molecule has 0 aliphatic carbocycles. The van der Waals surface area contributed by atoms with E-state index in [0.717, 1.165) is 50.3 Å². The zero-order valence-corrected chi connectivity index (χ0v) is 16.0. The van der Waals surface area contributed by atoms with Gasteiger partial charge in [0, 0.05) is 45.6 Å². The molecule has 2 rings (SSSR count). The summed E-state index contributed by atoms with van der Waals surface area (Å²) in [5, 5.41) is 9.26. The lowest BCUT2D eigenvalue weighted by atomic mass is 10.1. The topological polar surface area (TPSA) is 78.9 Å². The monoisotopic (exact) mass is 365 g/mol. The van der Waals surface area contributed by atoms with Gasteiger partial charge in [0.05, 0.1) is 11.3 Å². The van der Waals surface area contributed by atoms with Crippen molar-refractivity contribution in [3.05, 3.63) is 59.2 Å². The van der Waals surface area contributed by atoms with Crippen molar-refractivity contribution >= 4 is 5.91 Å². The summed E-state index contributed by atoms with van der Waals surface area (Å²) in [7, 11) is 1.63. The van der Waals surface area contributed by atoms with Crippen LogP contribution in [0.3, 0.4) is 0 Å². The molecule has 0 fully saturated rings. The van der Waals surface area contributed by atoms with Gasteiger partial charge in [-0.2, -0.15) is 0 Å². The molecule has 2 aromatic heterocycles. The molecule has 0 spiro atoms. The van der Waals surface area contributed by atoms with Crippen molar-refractivity contribution in [2.45, 2.75) is 32.7 Å². The van der Waals surface area contributed by atoms with Crippen LogP contribution in [0.15, 0.2) is 36.7 Å². The Morgan fingerprint density at radius 2 is 2.11 bits per heavy atom. The number of nitrogens with zero attached hydrogens (tertiary/aromatic N) is 2. The summed E-state index contributed by atoms with van der Waals surface area (Å²) in [4.78, 5) is 20.5. The minimum Gasteiger partial charge on any atom is -0.355 e. The van der Waals surface area contributed by atoms with Crippen LogP contribution in [-0.2, 0) is 13.0 Å². The minimum absolute atomic E-state index is 0.103. The molecule has 3 N–H and O–H groups in total. The highest BCUT2D eigenvalue weighted by Crippen LogP contribution is 2.10. The smallest absolute Gasteiger partial charge is 0.252 e. The fourth-order valence-corrected chi connectivity index (χ4v) is 2.53. The van der Waals surface area contributed by atoms with Crippen LogP contribution in [-0.4, -0.2) is 36.1 Å². The number of aromatic nitrogens is 2. The fourth-order valence-electron chi connectivity index (χ4n) is 2.53. The van der Waals surface area contributed by atoms with Gasteiger partial charge in [-0.15, -0.1) is 0 Å². The number of amides is 1. The van der Waals surface area contributed by atoms with E-state index in [0.29, 0.717) is 11.3 Å². The van der Waals surface area contributed by atoms with Crippen LogP contribution < -0.4 is 16.0 Å². The Kier molecular flexibility index (Phi) is 8.98. The highest BCUT2D eigenvalue weighted by atomic mass is 16.1. The molecule has 0 bridgehead atoms. The Hall–Kier alpha value is -2.75. The molecule has 27 heavy (non-hydrogen) atoms. The van der Waals surface area contributed by atoms with Crippen molar-refractivity contribution in [2.24, 2.45) is 0 Å². The van der Waals surface area contributed by atoms with Crippen LogP contribution in [0.1, 0.15) is 47.1 Å². The molecule has 0 aliphatic heterocycles. The van der Waals surface area contributed by atoms with Crippen LogP contribution in [0.5, 0.6) is 0 Å². The summed E-state index contributed by atoms with van der Waals surface area (Å²) < 4.78 is 0. The van der Waals surface area contributed by atoms with Gasteiger partial charge in [-0.1, -0.05) is 25.3 Å². The second-order valence-corrected chi connectivity index (χ2v) is 6.04. The molecule has 1 amide bonds. The van der Waals surface area contributed by atoms with Gasteiger partial charge in [0.2, 0.25) is 0 Å². The van der Waals surface area contributed by atoms with E-state index in [1.54, 1.807) is 25.4 Å². The van der Waals surface area contributed by atoms with Gasteiger partial charge in [-0.3, -0.25) is 9.78 Å². The number of aryl methyl sites for hydroxylation is 1. The van der Waals surface area contributed by atoms with E-state index in [-0.39, 0.29) is 5.91 Å². The van der Waals surface area contributed by atoms with E-state index >= 15 is 0 Å². The Balaban J connectivity index is 1.75. The number of hydrogen-bond acceptors (Lipinski definition) is 5. The van der Waals surface area contributed by atoms with E-state index in [4.69, 9.17) is 0 Å². The number of nitrogens with one attached hydrogen (secondary N) is 3. The summed E-state index contributed by atoms with van der Waals surface area (Å²) in [5.41, 5.74) is 3.31. The second kappa shape index (κ2) is 11.8. The molecule has 6 heteroatoms. The highest BCUT2D eigenvalue weighted by Gasteiger charge is 2.10. The van der Waals surface area contributed by atoms with E-state index in [1.165, 1.54) is 0 Å². The van der Waals surface area contributed by atoms with Crippen molar-refractivity contribution < 1.29 is 4.79 Å². The molecular formula is C21H27N5O. The lowest BCUT2D eigenvalue weighted by Crippen LogP contribution is -2.29. The molecule has 0 atom stereocenters. The first-order valence-electron chi connectivity index (χ1n) is 9.25. The summed E-state index contributed by atoms with van der Waals surface area (Å²) in [6, 6.07) is 7.59. The van der Waals surface area contributed by atoms with Gasteiger partial charge in [0.15, 0.2) is 0 Å². The molecule has 0 saturated carbocycles. The van der Waals surface area contributed by atoms with Crippen molar-refractivity contribution in [3.63, 3.8) is 0 Å². The lowest BCUT2D eigenvalue weighted by molar-refractivity contribution is 0.0961. The van der Waals surface area contributed by atoms with E-state index in [2.05, 4.69) is 44.7 Å². The zero-order chi connectivity index (χ0) is 19.3. The van der Waals surface area contributed by atoms with Gasteiger partial charge in [-0.05, 0) is 36.1 Å². The first-order chi connectivity index (χ1) is 13.2. The average molecular weight is 365 g/mol. The predicted octanol–water partition coefficient (Wildman–Crippen LogP) is 1.87. The lowest BCUT2D eigenvalue weighted by Gasteiger charge is -2.07. The van der Waals surface area contributed by atoms with E-state index < -0.39 is 0 Å². The van der Waals surface area contributed by atoms with Gasteiger partial charge in [0.25, 0.3) is 5.91 Å². The molecule has 0 aliphatic rings. The summed E-state index contributed by atoms with van der Waals surface area (Å²) in [5.74, 6) is 6.11. The third-order valence-corrected chi connectivity index (χ3v) is 3.88. The van der Waals surface area contributed by atoms with Gasteiger partial charge < -0.3 is 16.0 Å². The van der Waals surface area contributed by atoms with Crippen LogP contribution in [0.4, 0.5) is 0 Å². The summed E-state index contributed by atoms with van der Waals surface area (Å²) >= 11 is 0. The van der Waals surface area contributed by atoms with Crippen molar-refractivity contribution in [2.75, 3.05) is 20.3 Å². The Morgan fingerprint density at radius 1 is 1.22 bits per heavy atom. The molecule has 2 aromatic rings. The quantitative estimate of drug-likeness (QED) is 0.359. The molecule has 6 nitrogen and oxygen atoms in total. The maximum atomic E-state index is 11.9. The summed E-state index contributed by atoms with van der Waals surface area (Å²) in [6.07, 6.45) is 6.06. The van der Waals surface area contributed by atoms with Gasteiger partial charge in [0.1, 0.15) is 5.69 Å². The first-order valence-corrected chi connectivity index (χ1v) is 9.25. The Bertz CT molecular complexity index is 780. The van der Waals surface area contributed by atoms with E-state index in [9.17, 15) is 4.79 Å². The molecule has 0 saturated heterocycles. The van der Waals surface area contributed by atoms with Crippen LogP contribution in [0, 0.1) is 11.8 Å². The van der Waals surface area contributed by atoms with Crippen LogP contribution in [0.2, 0.25) is 0 Å². The maximum Gasteiger partial charge on any atom is 0.252 e. The zero-order valence-electron chi connectivity index (χ0n) is 16.0. The highest BCUT2D eigenvalue weighted by molar-refractivity contribution is 5.95. The second-order valence-electron chi connectivity index (χ2n) is 6.04. The number of hydrogen-bond donors (Lipinski definition) is 3. The minimum atomic E-state index is -0.103. The number of carbonyl (C=O) groups is 1. The fraction of sp³-hybridized carbons (Fsp3) is 0.381. The summed E-state index contributed by atoms with van der Waals surface area (Å²) in [6.45, 7) is 4.37. The largest absolute Gasteiger partial charge is 0.355 e. The molecule has 2 heterocycles. The van der Waals surface area contributed by atoms with E-state index in [1.807, 2.05) is 18.3 Å². The molecule has 0 radical (unpaired) electrons. The van der Waals surface area contributed by atoms with Gasteiger partial charge in [-0.25, -0.2) is 4.98 Å².